The van der Waals surface area contributed by atoms with Crippen molar-refractivity contribution in [2.24, 2.45) is 0 Å². The predicted molar refractivity (Wildman–Crippen MR) is 180 cm³/mol. The fraction of sp³-hybridized carbons (Fsp3) is 0.212. The van der Waals surface area contributed by atoms with Crippen molar-refractivity contribution in [3.05, 3.63) is 121 Å². The van der Waals surface area contributed by atoms with Crippen molar-refractivity contribution in [2.75, 3.05) is 13.1 Å². The number of urea groups is 2. The van der Waals surface area contributed by atoms with Gasteiger partial charge in [-0.3, -0.25) is 0 Å². The Balaban J connectivity index is 1.13. The summed E-state index contributed by atoms with van der Waals surface area (Å²) in [4.78, 5) is 25.1. The highest BCUT2D eigenvalue weighted by Crippen LogP contribution is 2.45. The van der Waals surface area contributed by atoms with Crippen LogP contribution in [0.25, 0.3) is 0 Å². The van der Waals surface area contributed by atoms with Crippen LogP contribution >= 0.6 is 15.5 Å². The molecule has 14 heteroatoms. The largest absolute Gasteiger partial charge is 0.545 e. The number of hydrogen-bond acceptors (Lipinski definition) is 8. The van der Waals surface area contributed by atoms with E-state index in [1.165, 1.54) is 0 Å². The number of carbonyl (C=O) groups excluding carboxylic acids is 2. The molecule has 4 aromatic carbocycles. The first-order valence-corrected chi connectivity index (χ1v) is 18.2. The highest BCUT2D eigenvalue weighted by Gasteiger charge is 2.32. The molecule has 0 fully saturated rings. The van der Waals surface area contributed by atoms with Gasteiger partial charge in [-0.15, -0.1) is 0 Å². The van der Waals surface area contributed by atoms with Gasteiger partial charge < -0.3 is 28.7 Å². The summed E-state index contributed by atoms with van der Waals surface area (Å²) in [6.07, 6.45) is 3.85. The molecular weight excluding hydrogens is 642 g/mol. The van der Waals surface area contributed by atoms with Crippen LogP contribution in [-0.4, -0.2) is 25.2 Å². The number of hydrogen-bond donors (Lipinski definition) is 4. The van der Waals surface area contributed by atoms with E-state index in [1.54, 1.807) is 121 Å². The first-order valence-electron chi connectivity index (χ1n) is 15.1. The number of rotatable bonds is 18. The minimum absolute atomic E-state index is 0.286. The van der Waals surface area contributed by atoms with Crippen molar-refractivity contribution < 1.29 is 36.8 Å². The summed E-state index contributed by atoms with van der Waals surface area (Å²) in [7, 11) is -8.17. The summed E-state index contributed by atoms with van der Waals surface area (Å²) >= 11 is 0. The van der Waals surface area contributed by atoms with Crippen LogP contribution in [0.2, 0.25) is 0 Å². The number of amides is 4. The summed E-state index contributed by atoms with van der Waals surface area (Å²) in [6.45, 7) is 0.697. The molecule has 0 atom stereocenters. The third kappa shape index (κ3) is 13.1. The van der Waals surface area contributed by atoms with E-state index in [4.69, 9.17) is 18.1 Å². The maximum absolute atomic E-state index is 13.4. The standard InChI is InChI=1S/C33H38N4O8P2/c38-32(36-46(40,42-28-18-8-4-9-19-28)43-29-20-10-5-11-21-29)34-26-16-2-1-3-17-27-35-33(39)37-47(41,44-30-22-12-6-13-23-30)45-31-24-14-7-15-25-31/h4-15,18-25H,1-3,16-17,26-27H2,(H2,34,36,38,40)(H2,35,37,39,41). The molecule has 4 N–H and O–H groups in total. The highest BCUT2D eigenvalue weighted by atomic mass is 31.2. The fourth-order valence-electron chi connectivity index (χ4n) is 4.12. The summed E-state index contributed by atoms with van der Waals surface area (Å²) in [6, 6.07) is 32.4. The van der Waals surface area contributed by atoms with Crippen LogP contribution in [0.4, 0.5) is 9.59 Å². The van der Waals surface area contributed by atoms with Gasteiger partial charge in [-0.05, 0) is 61.4 Å². The Hall–Kier alpha value is -4.92. The molecular formula is C33H38N4O8P2. The van der Waals surface area contributed by atoms with E-state index in [2.05, 4.69) is 20.8 Å². The first kappa shape index (κ1) is 34.9. The molecule has 0 bridgehead atoms. The molecule has 248 valence electrons. The van der Waals surface area contributed by atoms with Crippen LogP contribution in [-0.2, 0) is 9.13 Å². The van der Waals surface area contributed by atoms with E-state index in [-0.39, 0.29) is 23.0 Å². The average molecular weight is 681 g/mol. The number of benzene rings is 4. The summed E-state index contributed by atoms with van der Waals surface area (Å²) in [5.41, 5.74) is 0. The molecule has 0 heterocycles. The van der Waals surface area contributed by atoms with E-state index in [0.29, 0.717) is 25.9 Å². The van der Waals surface area contributed by atoms with Gasteiger partial charge in [0.2, 0.25) is 0 Å². The van der Waals surface area contributed by atoms with Crippen LogP contribution in [0.3, 0.4) is 0 Å². The summed E-state index contributed by atoms with van der Waals surface area (Å²) in [5, 5.41) is 10.1. The van der Waals surface area contributed by atoms with Crippen molar-refractivity contribution >= 4 is 27.6 Å². The third-order valence-electron chi connectivity index (χ3n) is 6.28. The van der Waals surface area contributed by atoms with E-state index in [1.807, 2.05) is 0 Å². The SMILES string of the molecule is O=C(NCCCCCCCNC(=O)NP(=O)(Oc1ccccc1)Oc1ccccc1)NP(=O)(Oc1ccccc1)Oc1ccccc1. The van der Waals surface area contributed by atoms with Crippen molar-refractivity contribution in [3.63, 3.8) is 0 Å². The maximum atomic E-state index is 13.4. The van der Waals surface area contributed by atoms with Gasteiger partial charge in [0.15, 0.2) is 0 Å². The Morgan fingerprint density at radius 2 is 0.681 bits per heavy atom. The molecule has 0 aromatic heterocycles. The monoisotopic (exact) mass is 680 g/mol. The lowest BCUT2D eigenvalue weighted by molar-refractivity contribution is 0.241. The minimum Gasteiger partial charge on any atom is -0.400 e. The molecule has 4 amide bonds. The van der Waals surface area contributed by atoms with Gasteiger partial charge in [0.25, 0.3) is 0 Å². The maximum Gasteiger partial charge on any atom is 0.545 e. The summed E-state index contributed by atoms with van der Waals surface area (Å²) in [5.74, 6) is 1.14. The van der Waals surface area contributed by atoms with Crippen LogP contribution in [0.15, 0.2) is 121 Å². The van der Waals surface area contributed by atoms with Crippen LogP contribution in [0.5, 0.6) is 23.0 Å². The van der Waals surface area contributed by atoms with E-state index in [9.17, 15) is 18.7 Å². The molecule has 0 aliphatic rings. The van der Waals surface area contributed by atoms with Gasteiger partial charge in [0.05, 0.1) is 0 Å². The van der Waals surface area contributed by atoms with Crippen molar-refractivity contribution in [2.45, 2.75) is 32.1 Å². The molecule has 47 heavy (non-hydrogen) atoms. The predicted octanol–water partition coefficient (Wildman–Crippen LogP) is 8.07. The van der Waals surface area contributed by atoms with Gasteiger partial charge in [-0.2, -0.15) is 0 Å². The lowest BCUT2D eigenvalue weighted by atomic mass is 10.1. The molecule has 0 radical (unpaired) electrons. The molecule has 0 spiro atoms. The van der Waals surface area contributed by atoms with Gasteiger partial charge >= 0.3 is 27.6 Å². The zero-order valence-electron chi connectivity index (χ0n) is 25.7. The van der Waals surface area contributed by atoms with Gasteiger partial charge in [-0.25, -0.2) is 28.9 Å². The second-order valence-corrected chi connectivity index (χ2v) is 13.3. The molecule has 0 aliphatic heterocycles. The number of para-hydroxylation sites is 4. The second kappa shape index (κ2) is 18.3. The number of unbranched alkanes of at least 4 members (excludes halogenated alkanes) is 4. The second-order valence-electron chi connectivity index (χ2n) is 10.1. The Bertz CT molecular complexity index is 1410. The summed E-state index contributed by atoms with van der Waals surface area (Å²) < 4.78 is 49.0. The van der Waals surface area contributed by atoms with Gasteiger partial charge in [-0.1, -0.05) is 92.1 Å². The Kier molecular flexibility index (Phi) is 13.6. The molecule has 4 aromatic rings. The van der Waals surface area contributed by atoms with Crippen LogP contribution < -0.4 is 38.9 Å². The minimum atomic E-state index is -4.09. The number of carbonyl (C=O) groups is 2. The zero-order valence-corrected chi connectivity index (χ0v) is 27.4. The van der Waals surface area contributed by atoms with Crippen LogP contribution in [0, 0.1) is 0 Å². The highest BCUT2D eigenvalue weighted by molar-refractivity contribution is 7.53. The molecule has 0 unspecified atom stereocenters. The lowest BCUT2D eigenvalue weighted by Crippen LogP contribution is -2.36. The van der Waals surface area contributed by atoms with Gasteiger partial charge in [0, 0.05) is 13.1 Å². The average Bonchev–Trinajstić information content (AvgIpc) is 3.05. The Labute approximate surface area is 274 Å². The smallest absolute Gasteiger partial charge is 0.400 e. The van der Waals surface area contributed by atoms with E-state index in [0.717, 1.165) is 19.3 Å². The number of nitrogens with one attached hydrogen (secondary N) is 4. The molecule has 4 rings (SSSR count). The van der Waals surface area contributed by atoms with Crippen molar-refractivity contribution in [3.8, 4) is 23.0 Å². The molecule has 0 saturated heterocycles. The Morgan fingerprint density at radius 1 is 0.426 bits per heavy atom. The Morgan fingerprint density at radius 3 is 0.957 bits per heavy atom. The van der Waals surface area contributed by atoms with Crippen LogP contribution in [0.1, 0.15) is 32.1 Å². The van der Waals surface area contributed by atoms with Crippen molar-refractivity contribution in [1.82, 2.24) is 20.8 Å². The quantitative estimate of drug-likeness (QED) is 0.0608. The third-order valence-corrected chi connectivity index (χ3v) is 9.04. The first-order chi connectivity index (χ1) is 22.8. The van der Waals surface area contributed by atoms with E-state index >= 15 is 0 Å². The van der Waals surface area contributed by atoms with Gasteiger partial charge in [0.1, 0.15) is 23.0 Å². The fourth-order valence-corrected chi connectivity index (χ4v) is 6.63. The van der Waals surface area contributed by atoms with Crippen molar-refractivity contribution in [1.29, 1.82) is 0 Å². The molecule has 12 nitrogen and oxygen atoms in total. The normalized spacial score (nSPS) is 11.1. The zero-order chi connectivity index (χ0) is 33.2. The molecule has 0 saturated carbocycles. The lowest BCUT2D eigenvalue weighted by Gasteiger charge is -2.20. The topological polar surface area (TPSA) is 153 Å². The molecule has 0 aliphatic carbocycles. The van der Waals surface area contributed by atoms with E-state index < -0.39 is 27.6 Å².